The zero-order chi connectivity index (χ0) is 15.2. The lowest BCUT2D eigenvalue weighted by Gasteiger charge is -2.24. The van der Waals surface area contributed by atoms with Gasteiger partial charge in [0.25, 0.3) is 0 Å². The lowest BCUT2D eigenvalue weighted by Crippen LogP contribution is -2.29. The molecule has 0 spiro atoms. The molecule has 1 saturated heterocycles. The molecule has 2 aromatic heterocycles. The summed E-state index contributed by atoms with van der Waals surface area (Å²) in [5.41, 5.74) is 0.857. The van der Waals surface area contributed by atoms with Crippen molar-refractivity contribution in [1.82, 2.24) is 14.3 Å². The smallest absolute Gasteiger partial charge is 0.145 e. The van der Waals surface area contributed by atoms with E-state index < -0.39 is 0 Å². The van der Waals surface area contributed by atoms with E-state index in [1.165, 1.54) is 38.9 Å². The van der Waals surface area contributed by atoms with Crippen LogP contribution in [-0.4, -0.2) is 41.0 Å². The molecule has 3 rings (SSSR count). The van der Waals surface area contributed by atoms with Crippen molar-refractivity contribution in [1.29, 1.82) is 0 Å². The van der Waals surface area contributed by atoms with Crippen LogP contribution < -0.4 is 4.74 Å². The average molecular weight is 375 g/mol. The highest BCUT2D eigenvalue weighted by Gasteiger charge is 2.08. The molecule has 0 radical (unpaired) electrons. The summed E-state index contributed by atoms with van der Waals surface area (Å²) < 4.78 is 7.72. The first kappa shape index (κ1) is 16.6. The Balaban J connectivity index is 0.000000173. The summed E-state index contributed by atoms with van der Waals surface area (Å²) in [5.74, 6) is 0.744. The van der Waals surface area contributed by atoms with Gasteiger partial charge in [-0.05, 0) is 54.5 Å². The van der Waals surface area contributed by atoms with Gasteiger partial charge in [-0.1, -0.05) is 24.9 Å². The van der Waals surface area contributed by atoms with Gasteiger partial charge < -0.3 is 9.64 Å². The predicted molar refractivity (Wildman–Crippen MR) is 90.4 cm³/mol. The molecule has 3 heterocycles. The molecule has 4 nitrogen and oxygen atoms in total. The molecule has 1 aliphatic rings. The van der Waals surface area contributed by atoms with Crippen molar-refractivity contribution in [2.24, 2.45) is 0 Å². The highest BCUT2D eigenvalue weighted by atomic mass is 79.9. The third-order valence-corrected chi connectivity index (χ3v) is 4.89. The van der Waals surface area contributed by atoms with Gasteiger partial charge >= 0.3 is 0 Å². The van der Waals surface area contributed by atoms with E-state index in [9.17, 15) is 0 Å². The fraction of sp³-hybridized carbons (Fsp3) is 0.533. The molecule has 0 aliphatic carbocycles. The Labute approximate surface area is 139 Å². The molecule has 2 aromatic rings. The second-order valence-electron chi connectivity index (χ2n) is 5.00. The third-order valence-electron chi connectivity index (χ3n) is 3.67. The van der Waals surface area contributed by atoms with Crippen LogP contribution in [0, 0.1) is 0 Å². The van der Waals surface area contributed by atoms with Gasteiger partial charge in [0, 0.05) is 0 Å². The first-order valence-electron chi connectivity index (χ1n) is 7.23. The van der Waals surface area contributed by atoms with Crippen LogP contribution in [0.15, 0.2) is 23.1 Å². The van der Waals surface area contributed by atoms with Crippen LogP contribution in [0.3, 0.4) is 0 Å². The number of pyridine rings is 1. The van der Waals surface area contributed by atoms with Crippen molar-refractivity contribution in [3.05, 3.63) is 28.2 Å². The zero-order valence-electron chi connectivity index (χ0n) is 12.5. The number of rotatable bonds is 2. The number of nitrogens with zero attached hydrogens (tertiary/aromatic N) is 3. The van der Waals surface area contributed by atoms with Crippen LogP contribution >= 0.6 is 27.5 Å². The Morgan fingerprint density at radius 3 is 2.62 bits per heavy atom. The van der Waals surface area contributed by atoms with Crippen molar-refractivity contribution >= 4 is 33.0 Å². The Kier molecular flexibility index (Phi) is 6.33. The summed E-state index contributed by atoms with van der Waals surface area (Å²) in [6.07, 6.45) is 7.65. The van der Waals surface area contributed by atoms with Crippen molar-refractivity contribution in [2.75, 3.05) is 26.7 Å². The second-order valence-corrected chi connectivity index (χ2v) is 6.21. The van der Waals surface area contributed by atoms with E-state index in [2.05, 4.69) is 32.7 Å². The Bertz CT molecular complexity index is 582. The number of methoxy groups -OCH3 is 1. The largest absolute Gasteiger partial charge is 0.494 e. The maximum atomic E-state index is 6.02. The summed E-state index contributed by atoms with van der Waals surface area (Å²) >= 11 is 9.35. The lowest BCUT2D eigenvalue weighted by atomic mass is 10.1. The number of hydrogen-bond donors (Lipinski definition) is 0. The number of fused-ring (bicyclic) bond motifs is 1. The molecule has 0 saturated carbocycles. The van der Waals surface area contributed by atoms with E-state index >= 15 is 0 Å². The van der Waals surface area contributed by atoms with Gasteiger partial charge in [0.2, 0.25) is 0 Å². The second kappa shape index (κ2) is 8.01. The van der Waals surface area contributed by atoms with Gasteiger partial charge in [0.1, 0.15) is 22.7 Å². The molecule has 1 fully saturated rings. The van der Waals surface area contributed by atoms with Crippen LogP contribution in [0.1, 0.15) is 26.2 Å². The van der Waals surface area contributed by atoms with Crippen molar-refractivity contribution in [3.8, 4) is 5.75 Å². The van der Waals surface area contributed by atoms with Crippen molar-refractivity contribution in [3.63, 3.8) is 0 Å². The van der Waals surface area contributed by atoms with Gasteiger partial charge in [0.15, 0.2) is 0 Å². The summed E-state index contributed by atoms with van der Waals surface area (Å²) in [6.45, 7) is 6.18. The van der Waals surface area contributed by atoms with Crippen LogP contribution in [0.25, 0.3) is 5.52 Å². The molecular formula is C15H21BrClN3O. The van der Waals surface area contributed by atoms with E-state index in [4.69, 9.17) is 16.3 Å². The van der Waals surface area contributed by atoms with Gasteiger partial charge in [0.05, 0.1) is 17.8 Å². The summed E-state index contributed by atoms with van der Waals surface area (Å²) in [6, 6.07) is 1.82. The van der Waals surface area contributed by atoms with Gasteiger partial charge in [-0.25, -0.2) is 4.98 Å². The summed E-state index contributed by atoms with van der Waals surface area (Å²) in [7, 11) is 1.61. The monoisotopic (exact) mass is 373 g/mol. The van der Waals surface area contributed by atoms with Crippen LogP contribution in [0.2, 0.25) is 5.15 Å². The lowest BCUT2D eigenvalue weighted by molar-refractivity contribution is 0.240. The molecule has 0 atom stereocenters. The minimum Gasteiger partial charge on any atom is -0.494 e. The number of hydrogen-bond acceptors (Lipinski definition) is 3. The molecule has 116 valence electrons. The fourth-order valence-corrected chi connectivity index (χ4v) is 3.02. The van der Waals surface area contributed by atoms with Gasteiger partial charge in [-0.3, -0.25) is 4.40 Å². The molecular weight excluding hydrogens is 354 g/mol. The first-order chi connectivity index (χ1) is 10.2. The number of likely N-dealkylation sites (tertiary alicyclic amines) is 1. The molecule has 0 N–H and O–H groups in total. The minimum absolute atomic E-state index is 0.591. The number of imidazole rings is 1. The fourth-order valence-electron chi connectivity index (χ4n) is 2.44. The quantitative estimate of drug-likeness (QED) is 0.736. The number of ether oxygens (including phenoxy) is 1. The molecule has 0 unspecified atom stereocenters. The topological polar surface area (TPSA) is 29.8 Å². The summed E-state index contributed by atoms with van der Waals surface area (Å²) in [4.78, 5) is 6.51. The number of aromatic nitrogens is 2. The zero-order valence-corrected chi connectivity index (χ0v) is 14.8. The standard InChI is InChI=1S/C8H6BrClN2O.C7H15N/c1-13-7-2-5(9)8(10)12-4-11-3-6(7)12;1-2-8-6-4-3-5-7-8/h2-4H,1H3;2-7H2,1H3. The van der Waals surface area contributed by atoms with Crippen LogP contribution in [0.4, 0.5) is 0 Å². The Morgan fingerprint density at radius 2 is 2.05 bits per heavy atom. The van der Waals surface area contributed by atoms with E-state index in [0.717, 1.165) is 15.7 Å². The van der Waals surface area contributed by atoms with E-state index in [-0.39, 0.29) is 0 Å². The van der Waals surface area contributed by atoms with Crippen molar-refractivity contribution < 1.29 is 4.74 Å². The van der Waals surface area contributed by atoms with E-state index in [1.807, 2.05) is 6.07 Å². The minimum atomic E-state index is 0.591. The van der Waals surface area contributed by atoms with Gasteiger partial charge in [-0.2, -0.15) is 0 Å². The maximum absolute atomic E-state index is 6.02. The number of halogens is 2. The van der Waals surface area contributed by atoms with Crippen molar-refractivity contribution in [2.45, 2.75) is 26.2 Å². The van der Waals surface area contributed by atoms with Crippen LogP contribution in [-0.2, 0) is 0 Å². The van der Waals surface area contributed by atoms with Crippen LogP contribution in [0.5, 0.6) is 5.75 Å². The Morgan fingerprint density at radius 1 is 1.33 bits per heavy atom. The normalized spacial score (nSPS) is 15.6. The number of piperidine rings is 1. The van der Waals surface area contributed by atoms with Gasteiger partial charge in [-0.15, -0.1) is 0 Å². The third kappa shape index (κ3) is 4.11. The highest BCUT2D eigenvalue weighted by molar-refractivity contribution is 9.10. The first-order valence-corrected chi connectivity index (χ1v) is 8.40. The molecule has 0 amide bonds. The molecule has 6 heteroatoms. The summed E-state index contributed by atoms with van der Waals surface area (Å²) in [5, 5.41) is 0.591. The Hall–Kier alpha value is -0.780. The average Bonchev–Trinajstić information content (AvgIpc) is 3.02. The molecule has 21 heavy (non-hydrogen) atoms. The van der Waals surface area contributed by atoms with E-state index in [1.54, 1.807) is 24.0 Å². The molecule has 0 bridgehead atoms. The van der Waals surface area contributed by atoms with E-state index in [0.29, 0.717) is 5.15 Å². The molecule has 0 aromatic carbocycles. The predicted octanol–water partition coefficient (Wildman–Crippen LogP) is 4.25. The molecule has 1 aliphatic heterocycles. The SMILES string of the molecule is CCN1CCCCC1.COc1cc(Br)c(Cl)n2cncc12. The maximum Gasteiger partial charge on any atom is 0.145 e. The highest BCUT2D eigenvalue weighted by Crippen LogP contribution is 2.30.